The van der Waals surface area contributed by atoms with Crippen LogP contribution in [0.15, 0.2) is 146 Å². The highest BCUT2D eigenvalue weighted by Gasteiger charge is 2.47. The maximum absolute atomic E-state index is 2.98. The van der Waals surface area contributed by atoms with Gasteiger partial charge < -0.3 is 9.80 Å². The summed E-state index contributed by atoms with van der Waals surface area (Å²) < 4.78 is 0. The number of hydrogen-bond donors (Lipinski definition) is 0. The van der Waals surface area contributed by atoms with Gasteiger partial charge >= 0.3 is 0 Å². The molecule has 0 spiro atoms. The lowest BCUT2D eigenvalue weighted by atomic mass is 9.78. The lowest BCUT2D eigenvalue weighted by Gasteiger charge is -2.36. The van der Waals surface area contributed by atoms with Crippen LogP contribution < -0.4 is 51.3 Å². The van der Waals surface area contributed by atoms with Crippen molar-refractivity contribution in [1.82, 2.24) is 0 Å². The van der Waals surface area contributed by atoms with Gasteiger partial charge in [-0.1, -0.05) is 321 Å². The zero-order chi connectivity index (χ0) is 80.5. The average molecular weight is 1640 g/mol. The molecular weight excluding hydrogens is 1500 g/mol. The summed E-state index contributed by atoms with van der Waals surface area (Å²) in [5.41, 5.74) is 17.8. The number of rotatable bonds is 19. The van der Waals surface area contributed by atoms with Gasteiger partial charge in [-0.25, -0.2) is 0 Å². The van der Waals surface area contributed by atoms with Crippen LogP contribution in [0.1, 0.15) is 149 Å². The number of benzene rings is 10. The second-order valence-corrected chi connectivity index (χ2v) is 88.2. The van der Waals surface area contributed by atoms with E-state index in [1.807, 2.05) is 0 Å². The second kappa shape index (κ2) is 28.1. The van der Waals surface area contributed by atoms with Crippen LogP contribution in [0.5, 0.6) is 0 Å². The molecule has 10 aromatic carbocycles. The predicted molar refractivity (Wildman–Crippen MR) is 528 cm³/mol. The van der Waals surface area contributed by atoms with Gasteiger partial charge in [0.1, 0.15) is 0 Å². The number of anilines is 6. The van der Waals surface area contributed by atoms with E-state index in [4.69, 9.17) is 0 Å². The third kappa shape index (κ3) is 14.5. The van der Waals surface area contributed by atoms with Crippen molar-refractivity contribution in [3.63, 3.8) is 0 Å². The minimum Gasteiger partial charge on any atom is -0.309 e. The molecule has 8 bridgehead atoms. The van der Waals surface area contributed by atoms with Crippen LogP contribution in [0.2, 0.25) is 157 Å². The Hall–Kier alpha value is -5.42. The number of fused-ring (bicyclic) bond motifs is 12. The molecule has 2 nitrogen and oxygen atoms in total. The van der Waals surface area contributed by atoms with Gasteiger partial charge in [-0.05, 0) is 252 Å². The molecule has 8 aliphatic carbocycles. The molecule has 0 aromatic heterocycles. The van der Waals surface area contributed by atoms with Gasteiger partial charge in [0.15, 0.2) is 0 Å². The first-order chi connectivity index (χ1) is 53.4. The third-order valence-corrected chi connectivity index (χ3v) is 47.5. The summed E-state index contributed by atoms with van der Waals surface area (Å²) in [5.74, 6) is 9.07. The predicted octanol–water partition coefficient (Wildman–Crippen LogP) is 26.9. The minimum atomic E-state index is -2.00. The molecule has 10 heteroatoms. The second-order valence-electron chi connectivity index (χ2n) is 47.5. The highest BCUT2D eigenvalue weighted by Crippen LogP contribution is 2.61. The van der Waals surface area contributed by atoms with E-state index in [1.165, 1.54) is 212 Å². The van der Waals surface area contributed by atoms with E-state index in [0.717, 1.165) is 47.3 Å². The molecule has 0 heterocycles. The zero-order valence-electron chi connectivity index (χ0n) is 75.0. The number of nitrogens with zero attached hydrogens (tertiary/aromatic N) is 2. The van der Waals surface area contributed by atoms with Gasteiger partial charge in [-0.15, -0.1) is 0 Å². The monoisotopic (exact) mass is 1640 g/mol. The Bertz CT molecular complexity index is 5020. The molecule has 8 saturated carbocycles. The molecule has 18 rings (SSSR count). The van der Waals surface area contributed by atoms with Crippen LogP contribution in [-0.4, -0.2) is 64.6 Å². The standard InChI is InChI=1S/C104H140N2Si8/c1-107(2,3)81-35-39-91-97(61-81)101(89-37-33-83(109(7,8)9)63-99(89)103(91)105(79-55-85(111(13,14)15)59-86(56-79)112(16,17)18)77-51-73(93-45-65-25-29-69(93)41-65)49-74(52-77)94-46-66-26-30-70(94)42-66)102-90-38-34-84(110(10,11)12)64-100(90)104(92-40-36-82(62-98(92)102)108(4,5)6)106(80-57-87(113(19,20)21)60-88(58-80)114(22,23)24)78-53-75(95-47-67-27-31-71(95)43-67)50-76(54-78)96-48-68-28-32-72(96)44-68/h33-40,49-72,93-96H,25-32,41-48H2,1-24H3. The summed E-state index contributed by atoms with van der Waals surface area (Å²) in [6.07, 6.45) is 22.3. The lowest BCUT2D eigenvalue weighted by Crippen LogP contribution is -2.45. The normalized spacial score (nSPS) is 25.2. The van der Waals surface area contributed by atoms with E-state index >= 15 is 0 Å². The fraction of sp³-hybridized carbons (Fsp3) is 0.500. The van der Waals surface area contributed by atoms with E-state index in [0.29, 0.717) is 23.7 Å². The van der Waals surface area contributed by atoms with Crippen LogP contribution in [0.25, 0.3) is 54.2 Å². The van der Waals surface area contributed by atoms with Crippen molar-refractivity contribution in [1.29, 1.82) is 0 Å². The minimum absolute atomic E-state index is 0.618. The van der Waals surface area contributed by atoms with E-state index in [1.54, 1.807) is 43.0 Å². The molecule has 8 aliphatic rings. The molecule has 0 aliphatic heterocycles. The van der Waals surface area contributed by atoms with Gasteiger partial charge in [-0.2, -0.15) is 0 Å². The van der Waals surface area contributed by atoms with Crippen LogP contribution in [-0.2, 0) is 0 Å². The summed E-state index contributed by atoms with van der Waals surface area (Å²) in [7, 11) is -15.6. The van der Waals surface area contributed by atoms with Crippen molar-refractivity contribution in [2.24, 2.45) is 47.3 Å². The summed E-state index contributed by atoms with van der Waals surface area (Å²) in [6, 6.07) is 66.1. The smallest absolute Gasteiger partial charge is 0.0776 e. The molecule has 0 N–H and O–H groups in total. The van der Waals surface area contributed by atoms with E-state index in [-0.39, 0.29) is 0 Å². The molecule has 10 aromatic rings. The summed E-state index contributed by atoms with van der Waals surface area (Å²) >= 11 is 0. The maximum atomic E-state index is 2.98. The van der Waals surface area contributed by atoms with Crippen molar-refractivity contribution < 1.29 is 0 Å². The molecule has 0 radical (unpaired) electrons. The molecular formula is C104H140N2Si8. The topological polar surface area (TPSA) is 6.48 Å². The van der Waals surface area contributed by atoms with Gasteiger partial charge in [0, 0.05) is 44.3 Å². The summed E-state index contributed by atoms with van der Waals surface area (Å²) in [5, 5.41) is 23.7. The Morgan fingerprint density at radius 3 is 0.649 bits per heavy atom. The zero-order valence-corrected chi connectivity index (χ0v) is 83.0. The first-order valence-corrected chi connectivity index (χ1v) is 73.8. The Labute approximate surface area is 697 Å². The van der Waals surface area contributed by atoms with Crippen LogP contribution in [0.4, 0.5) is 34.1 Å². The Morgan fingerprint density at radius 1 is 0.202 bits per heavy atom. The largest absolute Gasteiger partial charge is 0.309 e. The van der Waals surface area contributed by atoms with Crippen molar-refractivity contribution >= 4 is 183 Å². The van der Waals surface area contributed by atoms with Crippen LogP contribution in [0.3, 0.4) is 0 Å². The SMILES string of the molecule is C[Si](C)(C)c1cc(N(c2cc(C3CC4CCC3C4)cc(C3CC4CCC3C4)c2)c2c3ccc([Si](C)(C)C)cc3c(-c3c4cc([Si](C)(C)C)ccc4c(N(c4cc(C5CC6CCC5C6)cc(C5CC6CCC5C6)c4)c4cc([Si](C)(C)C)cc([Si](C)(C)C)c4)c4cc([Si](C)(C)C)ccc34)c3ccc([Si](C)(C)C)cc23)cc([Si](C)(C)C)c1. The highest BCUT2D eigenvalue weighted by molar-refractivity contribution is 6.93. The fourth-order valence-corrected chi connectivity index (χ4v) is 34.0. The molecule has 8 fully saturated rings. The average Bonchev–Trinajstić information content (AvgIpc) is 1.05. The molecule has 0 saturated heterocycles. The number of hydrogen-bond acceptors (Lipinski definition) is 2. The fourth-order valence-electron chi connectivity index (χ4n) is 24.4. The summed E-state index contributed by atoms with van der Waals surface area (Å²) in [6.45, 7) is 62.8. The van der Waals surface area contributed by atoms with Crippen molar-refractivity contribution in [2.45, 2.75) is 284 Å². The molecule has 114 heavy (non-hydrogen) atoms. The van der Waals surface area contributed by atoms with Crippen LogP contribution in [0, 0.1) is 47.3 Å². The molecule has 12 unspecified atom stereocenters. The van der Waals surface area contributed by atoms with Crippen molar-refractivity contribution in [3.05, 3.63) is 168 Å². The lowest BCUT2D eigenvalue weighted by molar-refractivity contribution is 0.412. The first-order valence-electron chi connectivity index (χ1n) is 45.8. The van der Waals surface area contributed by atoms with Crippen molar-refractivity contribution in [3.8, 4) is 11.1 Å². The maximum Gasteiger partial charge on any atom is 0.0776 e. The van der Waals surface area contributed by atoms with Gasteiger partial charge in [0.25, 0.3) is 0 Å². The molecule has 12 atom stereocenters. The summed E-state index contributed by atoms with van der Waals surface area (Å²) in [4.78, 5) is 5.97. The molecule has 0 amide bonds. The van der Waals surface area contributed by atoms with Crippen molar-refractivity contribution in [2.75, 3.05) is 9.80 Å². The Morgan fingerprint density at radius 2 is 0.430 bits per heavy atom. The highest BCUT2D eigenvalue weighted by atomic mass is 28.3. The molecule has 598 valence electrons. The Kier molecular flexibility index (Phi) is 19.6. The van der Waals surface area contributed by atoms with E-state index < -0.39 is 64.6 Å². The quantitative estimate of drug-likeness (QED) is 0.0588. The third-order valence-electron chi connectivity index (χ3n) is 31.3. The van der Waals surface area contributed by atoms with Gasteiger partial charge in [0.2, 0.25) is 0 Å². The Balaban J connectivity index is 1.02. The van der Waals surface area contributed by atoms with E-state index in [9.17, 15) is 0 Å². The van der Waals surface area contributed by atoms with Crippen LogP contribution >= 0.6 is 0 Å². The van der Waals surface area contributed by atoms with E-state index in [2.05, 4.69) is 313 Å². The first kappa shape index (κ1) is 79.7. The van der Waals surface area contributed by atoms with Gasteiger partial charge in [0.05, 0.1) is 76.0 Å². The van der Waals surface area contributed by atoms with Gasteiger partial charge in [-0.3, -0.25) is 0 Å².